The van der Waals surface area contributed by atoms with E-state index in [9.17, 15) is 4.79 Å². The maximum absolute atomic E-state index is 10.3. The Balaban J connectivity index is 2.39. The van der Waals surface area contributed by atoms with Crippen LogP contribution in [0.1, 0.15) is 6.42 Å². The maximum atomic E-state index is 10.3. The van der Waals surface area contributed by atoms with Crippen molar-refractivity contribution < 1.29 is 9.90 Å². The number of nitrogens with one attached hydrogen (secondary N) is 1. The van der Waals surface area contributed by atoms with Gasteiger partial charge in [-0.25, -0.2) is 0 Å². The molecular weight excluding hydrogens is 132 g/mol. The van der Waals surface area contributed by atoms with Crippen molar-refractivity contribution in [2.75, 3.05) is 13.1 Å². The number of rotatable bonds is 2. The summed E-state index contributed by atoms with van der Waals surface area (Å²) in [4.78, 5) is 10.3. The molecule has 1 fully saturated rings. The molecule has 2 atom stereocenters. The van der Waals surface area contributed by atoms with Gasteiger partial charge in [-0.3, -0.25) is 4.79 Å². The fourth-order valence-corrected chi connectivity index (χ4v) is 1.19. The van der Waals surface area contributed by atoms with Crippen molar-refractivity contribution in [3.05, 3.63) is 0 Å². The van der Waals surface area contributed by atoms with Gasteiger partial charge in [0.25, 0.3) is 0 Å². The molecule has 0 aromatic rings. The summed E-state index contributed by atoms with van der Waals surface area (Å²) in [5, 5.41) is 11.6. The van der Waals surface area contributed by atoms with E-state index in [0.717, 1.165) is 19.5 Å². The largest absolute Gasteiger partial charge is 0.480 e. The average molecular weight is 144 g/mol. The fraction of sp³-hybridized carbons (Fsp3) is 0.833. The highest BCUT2D eigenvalue weighted by atomic mass is 16.4. The minimum atomic E-state index is -0.895. The summed E-state index contributed by atoms with van der Waals surface area (Å²) in [6.07, 6.45) is 0.882. The third-order valence-electron chi connectivity index (χ3n) is 1.89. The molecule has 4 N–H and O–H groups in total. The molecule has 4 heteroatoms. The van der Waals surface area contributed by atoms with Crippen molar-refractivity contribution in [2.24, 2.45) is 11.7 Å². The molecule has 4 nitrogen and oxygen atoms in total. The highest BCUT2D eigenvalue weighted by Gasteiger charge is 2.26. The zero-order valence-corrected chi connectivity index (χ0v) is 5.71. The molecule has 0 amide bonds. The molecule has 58 valence electrons. The van der Waals surface area contributed by atoms with E-state index in [4.69, 9.17) is 10.8 Å². The zero-order chi connectivity index (χ0) is 7.56. The highest BCUT2D eigenvalue weighted by Crippen LogP contribution is 2.10. The van der Waals surface area contributed by atoms with Gasteiger partial charge in [0, 0.05) is 6.54 Å². The summed E-state index contributed by atoms with van der Waals surface area (Å²) in [7, 11) is 0. The predicted octanol–water partition coefficient (Wildman–Crippen LogP) is -0.992. The number of nitrogens with two attached hydrogens (primary N) is 1. The van der Waals surface area contributed by atoms with Gasteiger partial charge in [0.1, 0.15) is 6.04 Å². The highest BCUT2D eigenvalue weighted by molar-refractivity contribution is 5.73. The van der Waals surface area contributed by atoms with E-state index in [0.29, 0.717) is 0 Å². The number of aliphatic carboxylic acids is 1. The lowest BCUT2D eigenvalue weighted by molar-refractivity contribution is -0.139. The van der Waals surface area contributed by atoms with E-state index in [2.05, 4.69) is 5.32 Å². The summed E-state index contributed by atoms with van der Waals surface area (Å²) < 4.78 is 0. The number of carboxylic acids is 1. The van der Waals surface area contributed by atoms with Gasteiger partial charge < -0.3 is 16.2 Å². The monoisotopic (exact) mass is 144 g/mol. The molecule has 10 heavy (non-hydrogen) atoms. The zero-order valence-electron chi connectivity index (χ0n) is 5.71. The third kappa shape index (κ3) is 1.46. The maximum Gasteiger partial charge on any atom is 0.320 e. The lowest BCUT2D eigenvalue weighted by Gasteiger charge is -2.11. The Morgan fingerprint density at radius 3 is 2.90 bits per heavy atom. The second kappa shape index (κ2) is 2.98. The van der Waals surface area contributed by atoms with Gasteiger partial charge >= 0.3 is 5.97 Å². The average Bonchev–Trinajstić information content (AvgIpc) is 2.36. The lowest BCUT2D eigenvalue weighted by atomic mass is 10.0. The van der Waals surface area contributed by atoms with Crippen molar-refractivity contribution in [2.45, 2.75) is 12.5 Å². The number of hydrogen-bond donors (Lipinski definition) is 3. The first-order valence-electron chi connectivity index (χ1n) is 3.41. The Morgan fingerprint density at radius 1 is 1.80 bits per heavy atom. The molecule has 1 aliphatic heterocycles. The molecule has 0 aliphatic carbocycles. The Bertz CT molecular complexity index is 132. The number of carboxylic acid groups (broad SMARTS) is 1. The SMILES string of the molecule is NC(C(=O)O)C1CCNC1. The molecule has 1 aliphatic rings. The van der Waals surface area contributed by atoms with Gasteiger partial charge in [-0.1, -0.05) is 0 Å². The standard InChI is InChI=1S/C6H12N2O2/c7-5(6(9)10)4-1-2-8-3-4/h4-5,8H,1-3,7H2,(H,9,10). The van der Waals surface area contributed by atoms with Crippen LogP contribution in [-0.4, -0.2) is 30.2 Å². The number of hydrogen-bond acceptors (Lipinski definition) is 3. The summed E-state index contributed by atoms with van der Waals surface area (Å²) in [6.45, 7) is 1.64. The first-order chi connectivity index (χ1) is 4.72. The predicted molar refractivity (Wildman–Crippen MR) is 36.6 cm³/mol. The second-order valence-corrected chi connectivity index (χ2v) is 2.62. The van der Waals surface area contributed by atoms with Crippen LogP contribution in [-0.2, 0) is 4.79 Å². The molecule has 0 aromatic carbocycles. The van der Waals surface area contributed by atoms with Gasteiger partial charge in [0.2, 0.25) is 0 Å². The van der Waals surface area contributed by atoms with Gasteiger partial charge in [-0.15, -0.1) is 0 Å². The van der Waals surface area contributed by atoms with Crippen molar-refractivity contribution in [3.8, 4) is 0 Å². The van der Waals surface area contributed by atoms with Crippen molar-refractivity contribution in [1.82, 2.24) is 5.32 Å². The Hall–Kier alpha value is -0.610. The molecule has 1 saturated heterocycles. The van der Waals surface area contributed by atoms with Crippen LogP contribution in [0, 0.1) is 5.92 Å². The first kappa shape index (κ1) is 7.50. The summed E-state index contributed by atoms with van der Waals surface area (Å²) >= 11 is 0. The Kier molecular flexibility index (Phi) is 2.24. The van der Waals surface area contributed by atoms with Crippen LogP contribution in [0.3, 0.4) is 0 Å². The molecule has 0 aromatic heterocycles. The van der Waals surface area contributed by atoms with Gasteiger partial charge in [0.05, 0.1) is 0 Å². The van der Waals surface area contributed by atoms with Crippen LogP contribution in [0.15, 0.2) is 0 Å². The molecule has 0 radical (unpaired) electrons. The normalized spacial score (nSPS) is 28.3. The topological polar surface area (TPSA) is 75.4 Å². The first-order valence-corrected chi connectivity index (χ1v) is 3.41. The van der Waals surface area contributed by atoms with E-state index >= 15 is 0 Å². The van der Waals surface area contributed by atoms with Crippen molar-refractivity contribution in [3.63, 3.8) is 0 Å². The van der Waals surface area contributed by atoms with Crippen molar-refractivity contribution in [1.29, 1.82) is 0 Å². The van der Waals surface area contributed by atoms with Gasteiger partial charge in [-0.05, 0) is 18.9 Å². The fourth-order valence-electron chi connectivity index (χ4n) is 1.19. The van der Waals surface area contributed by atoms with Crippen LogP contribution in [0.2, 0.25) is 0 Å². The van der Waals surface area contributed by atoms with E-state index in [-0.39, 0.29) is 5.92 Å². The molecule has 2 unspecified atom stereocenters. The molecular formula is C6H12N2O2. The summed E-state index contributed by atoms with van der Waals surface area (Å²) in [5.74, 6) is -0.772. The lowest BCUT2D eigenvalue weighted by Crippen LogP contribution is -2.38. The van der Waals surface area contributed by atoms with E-state index < -0.39 is 12.0 Å². The van der Waals surface area contributed by atoms with E-state index in [1.54, 1.807) is 0 Å². The second-order valence-electron chi connectivity index (χ2n) is 2.62. The molecule has 1 heterocycles. The van der Waals surface area contributed by atoms with Crippen LogP contribution in [0.25, 0.3) is 0 Å². The minimum Gasteiger partial charge on any atom is -0.480 e. The molecule has 0 bridgehead atoms. The van der Waals surface area contributed by atoms with Crippen LogP contribution < -0.4 is 11.1 Å². The molecule has 0 spiro atoms. The van der Waals surface area contributed by atoms with Crippen molar-refractivity contribution >= 4 is 5.97 Å². The number of carbonyl (C=O) groups is 1. The summed E-state index contributed by atoms with van der Waals surface area (Å²) in [6, 6.07) is -0.685. The molecule has 1 rings (SSSR count). The van der Waals surface area contributed by atoms with Crippen LogP contribution in [0.5, 0.6) is 0 Å². The Morgan fingerprint density at radius 2 is 2.50 bits per heavy atom. The molecule has 0 saturated carbocycles. The quantitative estimate of drug-likeness (QED) is 0.465. The van der Waals surface area contributed by atoms with E-state index in [1.807, 2.05) is 0 Å². The van der Waals surface area contributed by atoms with Crippen LogP contribution in [0.4, 0.5) is 0 Å². The minimum absolute atomic E-state index is 0.123. The van der Waals surface area contributed by atoms with Crippen LogP contribution >= 0.6 is 0 Å². The Labute approximate surface area is 59.4 Å². The third-order valence-corrected chi connectivity index (χ3v) is 1.89. The van der Waals surface area contributed by atoms with Gasteiger partial charge in [0.15, 0.2) is 0 Å². The van der Waals surface area contributed by atoms with E-state index in [1.165, 1.54) is 0 Å². The smallest absolute Gasteiger partial charge is 0.320 e. The summed E-state index contributed by atoms with van der Waals surface area (Å²) in [5.41, 5.74) is 5.38. The van der Waals surface area contributed by atoms with Gasteiger partial charge in [-0.2, -0.15) is 0 Å².